The summed E-state index contributed by atoms with van der Waals surface area (Å²) in [5.41, 5.74) is 1.72. The van der Waals surface area contributed by atoms with Gasteiger partial charge in [-0.3, -0.25) is 0 Å². The van der Waals surface area contributed by atoms with Gasteiger partial charge in [0.2, 0.25) is 12.6 Å². The summed E-state index contributed by atoms with van der Waals surface area (Å²) in [6, 6.07) is 13.8. The highest BCUT2D eigenvalue weighted by molar-refractivity contribution is 5.53. The predicted octanol–water partition coefficient (Wildman–Crippen LogP) is -0.973. The van der Waals surface area contributed by atoms with E-state index in [1.807, 2.05) is 12.2 Å². The first kappa shape index (κ1) is 31.1. The molecule has 12 nitrogen and oxygen atoms in total. The summed E-state index contributed by atoms with van der Waals surface area (Å²) in [5.74, 6) is 0.531. The number of rotatable bonds is 10. The van der Waals surface area contributed by atoms with Crippen molar-refractivity contribution in [3.8, 4) is 11.5 Å². The monoisotopic (exact) mass is 576 g/mol. The van der Waals surface area contributed by atoms with Crippen LogP contribution in [0.2, 0.25) is 0 Å². The Bertz CT molecular complexity index is 1140. The molecule has 0 saturated carbocycles. The van der Waals surface area contributed by atoms with Crippen LogP contribution in [-0.2, 0) is 9.47 Å². The number of aliphatic hydroxyl groups excluding tert-OH is 8. The van der Waals surface area contributed by atoms with E-state index in [1.165, 1.54) is 0 Å². The van der Waals surface area contributed by atoms with E-state index in [1.54, 1.807) is 54.6 Å². The molecule has 0 radical (unpaired) electrons. The zero-order valence-corrected chi connectivity index (χ0v) is 22.0. The van der Waals surface area contributed by atoms with Gasteiger partial charge in [0.05, 0.1) is 13.2 Å². The Morgan fingerprint density at radius 3 is 1.51 bits per heavy atom. The molecule has 2 aromatic rings. The molecule has 2 fully saturated rings. The van der Waals surface area contributed by atoms with Crippen molar-refractivity contribution < 1.29 is 59.8 Å². The van der Waals surface area contributed by atoms with Gasteiger partial charge in [-0.05, 0) is 35.4 Å². The van der Waals surface area contributed by atoms with Crippen LogP contribution in [0.25, 0.3) is 6.08 Å². The van der Waals surface area contributed by atoms with E-state index in [0.29, 0.717) is 11.5 Å². The van der Waals surface area contributed by atoms with Crippen molar-refractivity contribution in [3.63, 3.8) is 0 Å². The number of hydrogen-bond acceptors (Lipinski definition) is 12. The van der Waals surface area contributed by atoms with E-state index < -0.39 is 74.6 Å². The Morgan fingerprint density at radius 1 is 0.659 bits per heavy atom. The van der Waals surface area contributed by atoms with Crippen LogP contribution in [0.3, 0.4) is 0 Å². The molecular formula is C29H36O12. The average molecular weight is 577 g/mol. The van der Waals surface area contributed by atoms with Gasteiger partial charge in [-0.1, -0.05) is 42.5 Å². The first-order chi connectivity index (χ1) is 19.7. The van der Waals surface area contributed by atoms with E-state index in [-0.39, 0.29) is 5.92 Å². The summed E-state index contributed by atoms with van der Waals surface area (Å²) < 4.78 is 22.0. The normalized spacial score (nSPS) is 34.7. The van der Waals surface area contributed by atoms with Gasteiger partial charge in [-0.25, -0.2) is 0 Å². The van der Waals surface area contributed by atoms with E-state index in [9.17, 15) is 40.9 Å². The largest absolute Gasteiger partial charge is 0.462 e. The van der Waals surface area contributed by atoms with E-state index in [0.717, 1.165) is 11.1 Å². The van der Waals surface area contributed by atoms with Crippen molar-refractivity contribution in [1.29, 1.82) is 0 Å². The smallest absolute Gasteiger partial charge is 0.229 e. The average Bonchev–Trinajstić information content (AvgIpc) is 2.99. The number of allylic oxidation sites excluding steroid dienone is 2. The predicted molar refractivity (Wildman–Crippen MR) is 144 cm³/mol. The molecular weight excluding hydrogens is 540 g/mol. The Hall–Kier alpha value is -2.88. The second-order valence-electron chi connectivity index (χ2n) is 9.89. The lowest BCUT2D eigenvalue weighted by molar-refractivity contribution is -0.277. The molecule has 11 atom stereocenters. The molecule has 2 aliphatic rings. The summed E-state index contributed by atoms with van der Waals surface area (Å²) in [7, 11) is 0. The first-order valence-corrected chi connectivity index (χ1v) is 13.1. The van der Waals surface area contributed by atoms with Gasteiger partial charge in [0.15, 0.2) is 0 Å². The third kappa shape index (κ3) is 7.13. The molecule has 0 aromatic heterocycles. The maximum Gasteiger partial charge on any atom is 0.229 e. The number of ether oxygens (including phenoxy) is 4. The van der Waals surface area contributed by atoms with E-state index >= 15 is 0 Å². The maximum absolute atomic E-state index is 10.2. The second-order valence-corrected chi connectivity index (χ2v) is 9.89. The molecule has 0 spiro atoms. The van der Waals surface area contributed by atoms with Crippen LogP contribution in [0.5, 0.6) is 11.5 Å². The minimum absolute atomic E-state index is 0.165. The van der Waals surface area contributed by atoms with Crippen molar-refractivity contribution in [2.24, 2.45) is 0 Å². The fourth-order valence-corrected chi connectivity index (χ4v) is 4.56. The van der Waals surface area contributed by atoms with Gasteiger partial charge in [0, 0.05) is 5.92 Å². The van der Waals surface area contributed by atoms with Gasteiger partial charge in [-0.15, -0.1) is 6.58 Å². The maximum atomic E-state index is 10.2. The summed E-state index contributed by atoms with van der Waals surface area (Å²) in [4.78, 5) is 0. The SMILES string of the molecule is C=CC(/C=C\c1ccc(O[C@@H]2O[C@H](CO)[C@@H](O)[C@H](O)[C@H]2O)cc1)c1ccc(O[C@@H]2O[C@H](CO)[C@@H](O)[C@H](O)[C@H]2O)cc1. The van der Waals surface area contributed by atoms with Crippen LogP contribution < -0.4 is 9.47 Å². The highest BCUT2D eigenvalue weighted by Gasteiger charge is 2.45. The zero-order chi connectivity index (χ0) is 29.7. The molecule has 2 saturated heterocycles. The minimum Gasteiger partial charge on any atom is -0.462 e. The van der Waals surface area contributed by atoms with Crippen LogP contribution in [0.4, 0.5) is 0 Å². The standard InChI is InChI=1S/C29H36O12/c1-2-16(17-7-11-19(12-8-17)39-29-27(37)25(35)23(33)21(14-31)41-29)6-3-15-4-9-18(10-5-15)38-28-26(36)24(34)22(32)20(13-30)40-28/h2-12,16,20-37H,1,13-14H2/b6-3-/t16?,20-,21-,22-,23-,24+,25+,26-,27-,28-,29-/m1/s1. The molecule has 41 heavy (non-hydrogen) atoms. The molecule has 2 aliphatic heterocycles. The Kier molecular flexibility index (Phi) is 10.5. The second kappa shape index (κ2) is 13.9. The molecule has 0 bridgehead atoms. The van der Waals surface area contributed by atoms with Crippen LogP contribution in [-0.4, -0.2) is 115 Å². The highest BCUT2D eigenvalue weighted by Crippen LogP contribution is 2.28. The lowest BCUT2D eigenvalue weighted by Gasteiger charge is -2.39. The van der Waals surface area contributed by atoms with Gasteiger partial charge in [0.1, 0.15) is 60.3 Å². The van der Waals surface area contributed by atoms with Crippen LogP contribution in [0.15, 0.2) is 67.3 Å². The van der Waals surface area contributed by atoms with E-state index in [4.69, 9.17) is 18.9 Å². The molecule has 12 heteroatoms. The fourth-order valence-electron chi connectivity index (χ4n) is 4.56. The Balaban J connectivity index is 1.35. The highest BCUT2D eigenvalue weighted by atomic mass is 16.7. The van der Waals surface area contributed by atoms with Crippen LogP contribution >= 0.6 is 0 Å². The van der Waals surface area contributed by atoms with Crippen molar-refractivity contribution in [1.82, 2.24) is 0 Å². The zero-order valence-electron chi connectivity index (χ0n) is 22.0. The van der Waals surface area contributed by atoms with Gasteiger partial charge >= 0.3 is 0 Å². The van der Waals surface area contributed by atoms with Crippen LogP contribution in [0, 0.1) is 0 Å². The molecule has 2 aromatic carbocycles. The molecule has 0 amide bonds. The Morgan fingerprint density at radius 2 is 1.10 bits per heavy atom. The molecule has 2 heterocycles. The third-order valence-corrected chi connectivity index (χ3v) is 7.10. The minimum atomic E-state index is -1.53. The van der Waals surface area contributed by atoms with Crippen molar-refractivity contribution in [3.05, 3.63) is 78.4 Å². The summed E-state index contributed by atoms with van der Waals surface area (Å²) >= 11 is 0. The van der Waals surface area contributed by atoms with E-state index in [2.05, 4.69) is 6.58 Å². The molecule has 0 aliphatic carbocycles. The van der Waals surface area contributed by atoms with Gasteiger partial charge in [-0.2, -0.15) is 0 Å². The fraction of sp³-hybridized carbons (Fsp3) is 0.448. The first-order valence-electron chi connectivity index (χ1n) is 13.1. The molecule has 4 rings (SSSR count). The summed E-state index contributed by atoms with van der Waals surface area (Å²) in [5, 5.41) is 78.7. The quantitative estimate of drug-likeness (QED) is 0.161. The van der Waals surface area contributed by atoms with Gasteiger partial charge in [0.25, 0.3) is 0 Å². The lowest BCUT2D eigenvalue weighted by atomic mass is 9.97. The molecule has 8 N–H and O–H groups in total. The molecule has 1 unspecified atom stereocenters. The molecule has 224 valence electrons. The van der Waals surface area contributed by atoms with Crippen molar-refractivity contribution in [2.45, 2.75) is 67.3 Å². The van der Waals surface area contributed by atoms with Crippen molar-refractivity contribution >= 4 is 6.08 Å². The van der Waals surface area contributed by atoms with Gasteiger partial charge < -0.3 is 59.8 Å². The van der Waals surface area contributed by atoms with Crippen molar-refractivity contribution in [2.75, 3.05) is 13.2 Å². The van der Waals surface area contributed by atoms with Crippen LogP contribution in [0.1, 0.15) is 17.0 Å². The third-order valence-electron chi connectivity index (χ3n) is 7.10. The number of benzene rings is 2. The number of aliphatic hydroxyl groups is 8. The topological polar surface area (TPSA) is 199 Å². The lowest BCUT2D eigenvalue weighted by Crippen LogP contribution is -2.60. The summed E-state index contributed by atoms with van der Waals surface area (Å²) in [6.45, 7) is 2.80. The Labute approximate surface area is 236 Å². The summed E-state index contributed by atoms with van der Waals surface area (Å²) in [6.07, 6.45) is -8.15. The number of hydrogen-bond donors (Lipinski definition) is 8.